The Kier molecular flexibility index (Phi) is 1.18. The first-order valence-corrected chi connectivity index (χ1v) is 4.36. The minimum atomic E-state index is 0.472. The van der Waals surface area contributed by atoms with E-state index in [1.807, 2.05) is 0 Å². The topological polar surface area (TPSA) is 52.0 Å². The number of rotatable bonds is 1. The maximum Gasteiger partial charge on any atom is 0.00461 e. The zero-order valence-corrected chi connectivity index (χ0v) is 6.47. The number of nitrogens with two attached hydrogens (primary N) is 2. The summed E-state index contributed by atoms with van der Waals surface area (Å²) in [5.41, 5.74) is 10.8. The van der Waals surface area contributed by atoms with Crippen molar-refractivity contribution in [3.8, 4) is 0 Å². The molecular weight excluding hydrogens is 123 g/mol. The molecule has 0 aromatic heterocycles. The van der Waals surface area contributed by atoms with Crippen molar-refractivity contribution in [2.75, 3.05) is 13.1 Å². The molecule has 0 aromatic rings. The molecule has 0 atom stereocenters. The van der Waals surface area contributed by atoms with Crippen molar-refractivity contribution < 1.29 is 0 Å². The van der Waals surface area contributed by atoms with Crippen LogP contribution in [0.3, 0.4) is 0 Å². The molecule has 0 amide bonds. The summed E-state index contributed by atoms with van der Waals surface area (Å²) in [4.78, 5) is 0. The van der Waals surface area contributed by atoms with E-state index in [4.69, 9.17) is 11.5 Å². The average Bonchev–Trinajstić information content (AvgIpc) is 1.53. The first kappa shape index (κ1) is 6.68. The average molecular weight is 139 g/mol. The minimum Gasteiger partial charge on any atom is -0.329 e. The summed E-state index contributed by atoms with van der Waals surface area (Å²) in [5.74, 6) is 0. The molecule has 0 saturated carbocycles. The van der Waals surface area contributed by atoms with E-state index in [-0.39, 0.29) is 0 Å². The molecule has 0 radical (unpaired) electrons. The molecule has 0 spiro atoms. The van der Waals surface area contributed by atoms with Gasteiger partial charge in [0.05, 0.1) is 0 Å². The Morgan fingerprint density at radius 2 is 1.20 bits per heavy atom. The molecule has 6 heterocycles. The molecule has 6 fully saturated rings. The predicted molar refractivity (Wildman–Crippen MR) is 45.5 cm³/mol. The van der Waals surface area contributed by atoms with E-state index >= 15 is 0 Å². The summed E-state index contributed by atoms with van der Waals surface area (Å²) >= 11 is 0. The highest BCUT2D eigenvalue weighted by Gasteiger charge is 2.70. The molecule has 0 unspecified atom stereocenters. The fraction of sp³-hybridized carbons (Fsp3) is 1.00. The van der Waals surface area contributed by atoms with Crippen molar-refractivity contribution in [1.82, 2.24) is 0 Å². The fourth-order valence-electron chi connectivity index (χ4n) is 3.32. The van der Waals surface area contributed by atoms with E-state index in [0.29, 0.717) is 19.2 Å². The Morgan fingerprint density at radius 1 is 1.00 bits per heavy atom. The van der Waals surface area contributed by atoms with E-state index < -0.39 is 0 Å². The summed E-state index contributed by atoms with van der Waals surface area (Å²) in [6.45, 7) is 1.19. The first-order chi connectivity index (χ1) is 4.74. The second-order valence-corrected chi connectivity index (χ2v) is 4.63. The molecule has 0 aliphatic carbocycles. The molecular formula is C7H16BN2-. The van der Waals surface area contributed by atoms with Crippen LogP contribution in [0.15, 0.2) is 0 Å². The normalized spacial score (nSPS) is 51.0. The second kappa shape index (κ2) is 1.77. The molecule has 4 N–H and O–H groups in total. The van der Waals surface area contributed by atoms with Gasteiger partial charge in [0.25, 0.3) is 0 Å². The van der Waals surface area contributed by atoms with Gasteiger partial charge in [-0.15, -0.1) is 0 Å². The SMILES string of the molecule is C1[B-]23CC1(C2)C3.NCCN. The van der Waals surface area contributed by atoms with Crippen LogP contribution in [0.25, 0.3) is 0 Å². The van der Waals surface area contributed by atoms with Crippen LogP contribution in [0.2, 0.25) is 25.3 Å². The third-order valence-electron chi connectivity index (χ3n) is 3.63. The van der Waals surface area contributed by atoms with Gasteiger partial charge in [0.15, 0.2) is 0 Å². The Labute approximate surface area is 62.3 Å². The van der Waals surface area contributed by atoms with Gasteiger partial charge in [0.2, 0.25) is 0 Å². The summed E-state index contributed by atoms with van der Waals surface area (Å²) in [7, 11) is 0. The van der Waals surface area contributed by atoms with Crippen molar-refractivity contribution in [1.29, 1.82) is 0 Å². The van der Waals surface area contributed by atoms with Crippen molar-refractivity contribution in [2.45, 2.75) is 25.3 Å². The molecule has 6 rings (SSSR count). The third-order valence-corrected chi connectivity index (χ3v) is 3.63. The zero-order chi connectivity index (χ0) is 7.24. The maximum atomic E-state index is 4.90. The van der Waals surface area contributed by atoms with Crippen LogP contribution in [0, 0.1) is 5.41 Å². The van der Waals surface area contributed by atoms with E-state index in [9.17, 15) is 0 Å². The van der Waals surface area contributed by atoms with Crippen molar-refractivity contribution in [3.05, 3.63) is 0 Å². The Morgan fingerprint density at radius 3 is 1.20 bits per heavy atom. The summed E-state index contributed by atoms with van der Waals surface area (Å²) in [5, 5.41) is 0. The van der Waals surface area contributed by atoms with Gasteiger partial charge in [0.1, 0.15) is 0 Å². The van der Waals surface area contributed by atoms with E-state index in [2.05, 4.69) is 0 Å². The Hall–Kier alpha value is -0.0151. The third kappa shape index (κ3) is 0.624. The van der Waals surface area contributed by atoms with Gasteiger partial charge in [-0.1, -0.05) is 0 Å². The lowest BCUT2D eigenvalue weighted by Crippen LogP contribution is -2.83. The monoisotopic (exact) mass is 139 g/mol. The van der Waals surface area contributed by atoms with Crippen LogP contribution in [0.4, 0.5) is 0 Å². The lowest BCUT2D eigenvalue weighted by atomic mass is 8.79. The molecule has 6 aliphatic rings. The molecule has 2 nitrogen and oxygen atoms in total. The second-order valence-electron chi connectivity index (χ2n) is 4.63. The molecule has 3 heteroatoms. The van der Waals surface area contributed by atoms with Crippen LogP contribution >= 0.6 is 0 Å². The van der Waals surface area contributed by atoms with Gasteiger partial charge in [-0.05, 0) is 0 Å². The van der Waals surface area contributed by atoms with Gasteiger partial charge in [-0.2, -0.15) is 30.7 Å². The zero-order valence-electron chi connectivity index (χ0n) is 6.47. The molecule has 2 bridgehead atoms. The van der Waals surface area contributed by atoms with E-state index in [1.165, 1.54) is 0 Å². The summed E-state index contributed by atoms with van der Waals surface area (Å²) in [6.07, 6.45) is 7.22. The molecule has 0 aromatic carbocycles. The Bertz CT molecular complexity index is 109. The predicted octanol–water partition coefficient (Wildman–Crippen LogP) is 0.366. The minimum absolute atomic E-state index is 0.472. The standard InChI is InChI=1S/C5H8B.C2H8N2/c1-5-2-6(1,3-5)4-5;3-1-2-4/h1-4H2;1-4H2/q-1;. The van der Waals surface area contributed by atoms with Gasteiger partial charge in [-0.25, -0.2) is 0 Å². The maximum absolute atomic E-state index is 4.90. The lowest BCUT2D eigenvalue weighted by Gasteiger charge is -2.96. The van der Waals surface area contributed by atoms with E-state index in [1.54, 1.807) is 25.3 Å². The highest BCUT2D eigenvalue weighted by Crippen LogP contribution is 2.86. The van der Waals surface area contributed by atoms with Crippen molar-refractivity contribution in [2.24, 2.45) is 16.9 Å². The number of hydrogen-bond acceptors (Lipinski definition) is 2. The van der Waals surface area contributed by atoms with E-state index in [0.717, 1.165) is 5.41 Å². The fourth-order valence-corrected chi connectivity index (χ4v) is 3.32. The highest BCUT2D eigenvalue weighted by atomic mass is 14.6. The summed E-state index contributed by atoms with van der Waals surface area (Å²) < 4.78 is 0. The van der Waals surface area contributed by atoms with Gasteiger partial charge >= 0.3 is 0 Å². The smallest absolute Gasteiger partial charge is 0.00461 e. The lowest BCUT2D eigenvalue weighted by molar-refractivity contribution is 0.192. The number of hydrogen-bond donors (Lipinski definition) is 2. The van der Waals surface area contributed by atoms with Crippen LogP contribution in [-0.4, -0.2) is 19.2 Å². The molecule has 10 heavy (non-hydrogen) atoms. The highest BCUT2D eigenvalue weighted by molar-refractivity contribution is 6.94. The summed E-state index contributed by atoms with van der Waals surface area (Å²) in [6, 6.07) is 0. The van der Waals surface area contributed by atoms with Gasteiger partial charge in [-0.3, -0.25) is 0 Å². The van der Waals surface area contributed by atoms with Crippen LogP contribution in [0.5, 0.6) is 0 Å². The Balaban J connectivity index is 0.0000000917. The largest absolute Gasteiger partial charge is 0.329 e. The van der Waals surface area contributed by atoms with Gasteiger partial charge < -0.3 is 11.5 Å². The quantitative estimate of drug-likeness (QED) is 0.515. The molecule has 58 valence electrons. The van der Waals surface area contributed by atoms with Crippen LogP contribution < -0.4 is 11.5 Å². The van der Waals surface area contributed by atoms with Gasteiger partial charge in [0, 0.05) is 19.2 Å². The first-order valence-electron chi connectivity index (χ1n) is 4.36. The van der Waals surface area contributed by atoms with Crippen LogP contribution in [0.1, 0.15) is 0 Å². The molecule has 6 aliphatic heterocycles. The van der Waals surface area contributed by atoms with Crippen LogP contribution in [-0.2, 0) is 0 Å². The van der Waals surface area contributed by atoms with Crippen molar-refractivity contribution >= 4 is 6.15 Å². The van der Waals surface area contributed by atoms with Crippen molar-refractivity contribution in [3.63, 3.8) is 0 Å². The molecule has 6 saturated heterocycles.